The number of halogens is 1. The van der Waals surface area contributed by atoms with Crippen LogP contribution in [0.15, 0.2) is 67.0 Å². The van der Waals surface area contributed by atoms with Gasteiger partial charge in [-0.3, -0.25) is 19.5 Å². The third kappa shape index (κ3) is 4.46. The average Bonchev–Trinajstić information content (AvgIpc) is 3.18. The van der Waals surface area contributed by atoms with Crippen LogP contribution >= 0.6 is 15.9 Å². The normalized spacial score (nSPS) is 16.6. The minimum atomic E-state index is -0.407. The second-order valence-corrected chi connectivity index (χ2v) is 7.45. The summed E-state index contributed by atoms with van der Waals surface area (Å²) < 4.78 is 6.88. The monoisotopic (exact) mass is 456 g/mol. The number of aliphatic hydroxyl groups is 1. The number of amides is 2. The summed E-state index contributed by atoms with van der Waals surface area (Å²) in [5, 5.41) is 9.10. The lowest BCUT2D eigenvalue weighted by Gasteiger charge is -2.28. The van der Waals surface area contributed by atoms with E-state index in [0.29, 0.717) is 34.7 Å². The molecule has 0 radical (unpaired) electrons. The molecule has 0 atom stereocenters. The lowest BCUT2D eigenvalue weighted by Crippen LogP contribution is -2.44. The minimum Gasteiger partial charge on any atom is -0.457 e. The molecule has 2 amide bonds. The third-order valence-corrected chi connectivity index (χ3v) is 5.13. The Balaban J connectivity index is 2.00. The number of furan rings is 1. The zero-order valence-corrected chi connectivity index (χ0v) is 17.8. The van der Waals surface area contributed by atoms with Gasteiger partial charge in [0.25, 0.3) is 11.8 Å². The van der Waals surface area contributed by atoms with Crippen LogP contribution in [-0.2, 0) is 9.59 Å². The number of rotatable bonds is 6. The Labute approximate surface area is 177 Å². The van der Waals surface area contributed by atoms with Gasteiger partial charge < -0.3 is 9.52 Å². The minimum absolute atomic E-state index is 0.106. The summed E-state index contributed by atoms with van der Waals surface area (Å²) in [4.78, 5) is 30.7. The highest BCUT2D eigenvalue weighted by atomic mass is 79.9. The Kier molecular flexibility index (Phi) is 6.61. The first-order chi connectivity index (χ1) is 14.0. The zero-order chi connectivity index (χ0) is 21.0. The molecular weight excluding hydrogens is 436 g/mol. The van der Waals surface area contributed by atoms with Crippen molar-refractivity contribution in [1.29, 1.82) is 0 Å². The first-order valence-corrected chi connectivity index (χ1v) is 9.93. The van der Waals surface area contributed by atoms with Crippen molar-refractivity contribution in [3.63, 3.8) is 0 Å². The van der Waals surface area contributed by atoms with Crippen molar-refractivity contribution in [1.82, 2.24) is 4.90 Å². The van der Waals surface area contributed by atoms with Crippen LogP contribution in [0.25, 0.3) is 17.4 Å². The van der Waals surface area contributed by atoms with Crippen molar-refractivity contribution in [3.8, 4) is 11.3 Å². The van der Waals surface area contributed by atoms with Gasteiger partial charge in [0, 0.05) is 42.0 Å². The van der Waals surface area contributed by atoms with Gasteiger partial charge in [0.15, 0.2) is 0 Å². The predicted octanol–water partition coefficient (Wildman–Crippen LogP) is 3.86. The molecule has 0 spiro atoms. The molecule has 0 unspecified atom stereocenters. The molecule has 0 saturated heterocycles. The summed E-state index contributed by atoms with van der Waals surface area (Å²) in [5.74, 6) is 0.377. The van der Waals surface area contributed by atoms with Crippen molar-refractivity contribution in [2.75, 3.05) is 20.2 Å². The quantitative estimate of drug-likeness (QED) is 0.406. The molecule has 1 aliphatic heterocycles. The molecule has 6 nitrogen and oxygen atoms in total. The van der Waals surface area contributed by atoms with Crippen LogP contribution in [0, 0.1) is 0 Å². The summed E-state index contributed by atoms with van der Waals surface area (Å²) in [6.07, 6.45) is 3.41. The van der Waals surface area contributed by atoms with Gasteiger partial charge >= 0.3 is 0 Å². The average molecular weight is 457 g/mol. The highest BCUT2D eigenvalue weighted by molar-refractivity contribution is 9.10. The highest BCUT2D eigenvalue weighted by Crippen LogP contribution is 2.29. The number of aliphatic imine (C=N–C) groups is 1. The van der Waals surface area contributed by atoms with Gasteiger partial charge in [-0.2, -0.15) is 0 Å². The molecule has 2 heterocycles. The standard InChI is InChI=1S/C22H21BrN2O4/c1-14-18(21(27)25(10-3-11-26)22(28)19(14)13-24-2)12-17-8-9-20(29-17)15-4-6-16(23)7-5-15/h4-9,12-13,26H,3,10-11H2,1-2H3/b18-12-,24-13?. The number of carbonyl (C=O) groups excluding carboxylic acids is 2. The van der Waals surface area contributed by atoms with Crippen LogP contribution in [0.4, 0.5) is 0 Å². The van der Waals surface area contributed by atoms with Crippen molar-refractivity contribution < 1.29 is 19.1 Å². The van der Waals surface area contributed by atoms with E-state index in [1.807, 2.05) is 30.3 Å². The molecule has 1 aliphatic rings. The van der Waals surface area contributed by atoms with Gasteiger partial charge in [-0.15, -0.1) is 0 Å². The van der Waals surface area contributed by atoms with Crippen LogP contribution in [-0.4, -0.2) is 48.2 Å². The molecule has 1 aromatic carbocycles. The fourth-order valence-electron chi connectivity index (χ4n) is 3.07. The number of carbonyl (C=O) groups is 2. The predicted molar refractivity (Wildman–Crippen MR) is 115 cm³/mol. The van der Waals surface area contributed by atoms with Crippen molar-refractivity contribution in [2.45, 2.75) is 13.3 Å². The van der Waals surface area contributed by atoms with E-state index >= 15 is 0 Å². The maximum Gasteiger partial charge on any atom is 0.262 e. The summed E-state index contributed by atoms with van der Waals surface area (Å²) in [6.45, 7) is 1.76. The van der Waals surface area contributed by atoms with Gasteiger partial charge in [-0.25, -0.2) is 0 Å². The fourth-order valence-corrected chi connectivity index (χ4v) is 3.34. The number of hydrogen-bond acceptors (Lipinski definition) is 5. The van der Waals surface area contributed by atoms with E-state index in [1.165, 1.54) is 6.21 Å². The van der Waals surface area contributed by atoms with E-state index in [-0.39, 0.29) is 13.2 Å². The second-order valence-electron chi connectivity index (χ2n) is 6.53. The van der Waals surface area contributed by atoms with E-state index in [1.54, 1.807) is 26.1 Å². The van der Waals surface area contributed by atoms with Gasteiger partial charge in [0.2, 0.25) is 0 Å². The second kappa shape index (κ2) is 9.15. The highest BCUT2D eigenvalue weighted by Gasteiger charge is 2.34. The summed E-state index contributed by atoms with van der Waals surface area (Å²) in [5.41, 5.74) is 2.19. The molecule has 1 aromatic heterocycles. The molecule has 2 aromatic rings. The summed E-state index contributed by atoms with van der Waals surface area (Å²) >= 11 is 3.41. The maximum atomic E-state index is 13.0. The molecule has 0 bridgehead atoms. The maximum absolute atomic E-state index is 13.0. The van der Waals surface area contributed by atoms with E-state index in [0.717, 1.165) is 14.9 Å². The molecule has 0 aliphatic carbocycles. The van der Waals surface area contributed by atoms with Crippen molar-refractivity contribution >= 4 is 40.0 Å². The Morgan fingerprint density at radius 2 is 1.86 bits per heavy atom. The van der Waals surface area contributed by atoms with E-state index < -0.39 is 11.8 Å². The Morgan fingerprint density at radius 1 is 1.14 bits per heavy atom. The lowest BCUT2D eigenvalue weighted by molar-refractivity contribution is -0.140. The fraction of sp³-hybridized carbons (Fsp3) is 0.227. The Bertz CT molecular complexity index is 1020. The van der Waals surface area contributed by atoms with Crippen LogP contribution in [0.1, 0.15) is 19.1 Å². The first kappa shape index (κ1) is 21.0. The molecule has 1 N–H and O–H groups in total. The number of imide groups is 1. The number of hydrogen-bond donors (Lipinski definition) is 1. The number of benzene rings is 1. The van der Waals surface area contributed by atoms with Crippen LogP contribution in [0.2, 0.25) is 0 Å². The molecule has 29 heavy (non-hydrogen) atoms. The zero-order valence-electron chi connectivity index (χ0n) is 16.2. The largest absolute Gasteiger partial charge is 0.457 e. The molecular formula is C22H21BrN2O4. The number of aliphatic hydroxyl groups excluding tert-OH is 1. The summed E-state index contributed by atoms with van der Waals surface area (Å²) in [6, 6.07) is 11.3. The van der Waals surface area contributed by atoms with Gasteiger partial charge in [0.05, 0.1) is 5.57 Å². The smallest absolute Gasteiger partial charge is 0.262 e. The molecule has 0 fully saturated rings. The van der Waals surface area contributed by atoms with E-state index in [9.17, 15) is 9.59 Å². The molecule has 0 saturated carbocycles. The SMILES string of the molecule is CN=CC1=C(C)/C(=C/c2ccc(-c3ccc(Br)cc3)o2)C(=O)N(CCCO)C1=O. The Hall–Kier alpha value is -2.77. The number of nitrogens with zero attached hydrogens (tertiary/aromatic N) is 2. The van der Waals surface area contributed by atoms with E-state index in [4.69, 9.17) is 9.52 Å². The first-order valence-electron chi connectivity index (χ1n) is 9.14. The van der Waals surface area contributed by atoms with Crippen LogP contribution < -0.4 is 0 Å². The Morgan fingerprint density at radius 3 is 2.52 bits per heavy atom. The molecule has 3 rings (SSSR count). The third-order valence-electron chi connectivity index (χ3n) is 4.60. The van der Waals surface area contributed by atoms with E-state index in [2.05, 4.69) is 20.9 Å². The van der Waals surface area contributed by atoms with Crippen LogP contribution in [0.5, 0.6) is 0 Å². The van der Waals surface area contributed by atoms with Gasteiger partial charge in [0.1, 0.15) is 11.5 Å². The van der Waals surface area contributed by atoms with Crippen molar-refractivity contribution in [2.24, 2.45) is 4.99 Å². The van der Waals surface area contributed by atoms with Gasteiger partial charge in [-0.1, -0.05) is 28.1 Å². The lowest BCUT2D eigenvalue weighted by atomic mass is 9.94. The van der Waals surface area contributed by atoms with Crippen LogP contribution in [0.3, 0.4) is 0 Å². The van der Waals surface area contributed by atoms with Crippen molar-refractivity contribution in [3.05, 3.63) is 63.4 Å². The molecule has 150 valence electrons. The topological polar surface area (TPSA) is 83.1 Å². The van der Waals surface area contributed by atoms with Gasteiger partial charge in [-0.05, 0) is 49.3 Å². The summed E-state index contributed by atoms with van der Waals surface area (Å²) in [7, 11) is 1.57. The molecule has 7 heteroatoms.